The van der Waals surface area contributed by atoms with Crippen LogP contribution in [-0.2, 0) is 9.59 Å². The van der Waals surface area contributed by atoms with E-state index in [0.717, 1.165) is 16.3 Å². The highest BCUT2D eigenvalue weighted by atomic mass is 32.1. The van der Waals surface area contributed by atoms with Crippen LogP contribution in [0, 0.1) is 6.92 Å². The van der Waals surface area contributed by atoms with Gasteiger partial charge in [0.15, 0.2) is 0 Å². The molecule has 1 fully saturated rings. The first-order chi connectivity index (χ1) is 8.58. The number of aryl methyl sites for hydroxylation is 1. The lowest BCUT2D eigenvalue weighted by Crippen LogP contribution is -2.39. The van der Waals surface area contributed by atoms with Crippen molar-refractivity contribution in [3.05, 3.63) is 22.2 Å². The van der Waals surface area contributed by atoms with Crippen LogP contribution in [0.3, 0.4) is 0 Å². The summed E-state index contributed by atoms with van der Waals surface area (Å²) in [6.45, 7) is 2.41. The molecule has 96 valence electrons. The molecule has 1 amide bonds. The van der Waals surface area contributed by atoms with E-state index in [4.69, 9.17) is 5.11 Å². The Kier molecular flexibility index (Phi) is 3.76. The molecule has 2 rings (SSSR count). The average Bonchev–Trinajstić information content (AvgIpc) is 2.94. The standard InChI is InChI=1S/C12H14N2O3S/c1-8-13-7-9(18-8)4-5-11(15)14-6-2-3-10(14)12(16)17/h4-5,7,10H,2-3,6H2,1H3,(H,16,17)/b5-4+. The predicted octanol–water partition coefficient (Wildman–Crippen LogP) is 1.54. The van der Waals surface area contributed by atoms with Crippen LogP contribution in [0.5, 0.6) is 0 Å². The molecule has 6 heteroatoms. The maximum atomic E-state index is 11.9. The lowest BCUT2D eigenvalue weighted by atomic mass is 10.2. The summed E-state index contributed by atoms with van der Waals surface area (Å²) in [5.41, 5.74) is 0. The number of likely N-dealkylation sites (tertiary alicyclic amines) is 1. The first-order valence-electron chi connectivity index (χ1n) is 5.72. The highest BCUT2D eigenvalue weighted by Crippen LogP contribution is 2.19. The van der Waals surface area contributed by atoms with Crippen molar-refractivity contribution in [3.8, 4) is 0 Å². The van der Waals surface area contributed by atoms with Gasteiger partial charge in [-0.3, -0.25) is 4.79 Å². The molecule has 1 saturated heterocycles. The molecule has 1 aliphatic heterocycles. The molecule has 0 saturated carbocycles. The molecular formula is C12H14N2O3S. The highest BCUT2D eigenvalue weighted by Gasteiger charge is 2.32. The van der Waals surface area contributed by atoms with Gasteiger partial charge in [0.25, 0.3) is 0 Å². The van der Waals surface area contributed by atoms with E-state index in [1.807, 2.05) is 6.92 Å². The number of carbonyl (C=O) groups is 2. The van der Waals surface area contributed by atoms with Crippen LogP contribution < -0.4 is 0 Å². The summed E-state index contributed by atoms with van der Waals surface area (Å²) in [6, 6.07) is -0.676. The summed E-state index contributed by atoms with van der Waals surface area (Å²) in [4.78, 5) is 29.3. The van der Waals surface area contributed by atoms with E-state index in [9.17, 15) is 9.59 Å². The maximum Gasteiger partial charge on any atom is 0.326 e. The van der Waals surface area contributed by atoms with E-state index >= 15 is 0 Å². The first-order valence-corrected chi connectivity index (χ1v) is 6.53. The third-order valence-electron chi connectivity index (χ3n) is 2.85. The van der Waals surface area contributed by atoms with Crippen LogP contribution in [0.2, 0.25) is 0 Å². The van der Waals surface area contributed by atoms with E-state index < -0.39 is 12.0 Å². The van der Waals surface area contributed by atoms with Gasteiger partial charge in [-0.2, -0.15) is 0 Å². The van der Waals surface area contributed by atoms with Crippen LogP contribution in [0.4, 0.5) is 0 Å². The van der Waals surface area contributed by atoms with Crippen LogP contribution in [-0.4, -0.2) is 39.5 Å². The van der Waals surface area contributed by atoms with Crippen molar-refractivity contribution >= 4 is 29.3 Å². The summed E-state index contributed by atoms with van der Waals surface area (Å²) < 4.78 is 0. The van der Waals surface area contributed by atoms with Crippen LogP contribution in [0.25, 0.3) is 6.08 Å². The lowest BCUT2D eigenvalue weighted by Gasteiger charge is -2.19. The van der Waals surface area contributed by atoms with Crippen molar-refractivity contribution in [2.75, 3.05) is 6.54 Å². The zero-order chi connectivity index (χ0) is 13.1. The summed E-state index contributed by atoms with van der Waals surface area (Å²) in [7, 11) is 0. The number of rotatable bonds is 3. The Labute approximate surface area is 109 Å². The number of hydrogen-bond acceptors (Lipinski definition) is 4. The number of thiazole rings is 1. The van der Waals surface area contributed by atoms with Gasteiger partial charge in [0, 0.05) is 23.7 Å². The number of carbonyl (C=O) groups excluding carboxylic acids is 1. The third kappa shape index (κ3) is 2.76. The van der Waals surface area contributed by atoms with Crippen molar-refractivity contribution < 1.29 is 14.7 Å². The van der Waals surface area contributed by atoms with Crippen molar-refractivity contribution in [2.45, 2.75) is 25.8 Å². The van der Waals surface area contributed by atoms with Gasteiger partial charge in [0.1, 0.15) is 6.04 Å². The summed E-state index contributed by atoms with van der Waals surface area (Å²) in [5.74, 6) is -1.17. The summed E-state index contributed by atoms with van der Waals surface area (Å²) >= 11 is 1.49. The monoisotopic (exact) mass is 266 g/mol. The van der Waals surface area contributed by atoms with Crippen molar-refractivity contribution in [2.24, 2.45) is 0 Å². The van der Waals surface area contributed by atoms with Gasteiger partial charge in [-0.05, 0) is 25.8 Å². The Hall–Kier alpha value is -1.69. The summed E-state index contributed by atoms with van der Waals surface area (Å²) in [5, 5.41) is 9.93. The quantitative estimate of drug-likeness (QED) is 0.842. The molecule has 1 N–H and O–H groups in total. The van der Waals surface area contributed by atoms with Gasteiger partial charge in [-0.1, -0.05) is 0 Å². The van der Waals surface area contributed by atoms with E-state index in [-0.39, 0.29) is 5.91 Å². The molecule has 1 unspecified atom stereocenters. The number of hydrogen-bond donors (Lipinski definition) is 1. The zero-order valence-corrected chi connectivity index (χ0v) is 10.8. The second kappa shape index (κ2) is 5.30. The molecule has 1 aromatic heterocycles. The number of aromatic nitrogens is 1. The summed E-state index contributed by atoms with van der Waals surface area (Å²) in [6.07, 6.45) is 6.09. The van der Waals surface area contributed by atoms with Gasteiger partial charge in [-0.15, -0.1) is 11.3 Å². The van der Waals surface area contributed by atoms with Crippen molar-refractivity contribution in [3.63, 3.8) is 0 Å². The SMILES string of the molecule is Cc1ncc(/C=C/C(=O)N2CCCC2C(=O)O)s1. The number of carboxylic acid groups (broad SMARTS) is 1. The van der Waals surface area contributed by atoms with Crippen molar-refractivity contribution in [1.29, 1.82) is 0 Å². The lowest BCUT2D eigenvalue weighted by molar-refractivity contribution is -0.146. The number of nitrogens with zero attached hydrogens (tertiary/aromatic N) is 2. The normalized spacial score (nSPS) is 19.6. The fraction of sp³-hybridized carbons (Fsp3) is 0.417. The molecule has 0 aromatic carbocycles. The van der Waals surface area contributed by atoms with Crippen LogP contribution in [0.1, 0.15) is 22.7 Å². The molecule has 2 heterocycles. The Morgan fingerprint density at radius 2 is 2.39 bits per heavy atom. The minimum absolute atomic E-state index is 0.244. The van der Waals surface area contributed by atoms with Gasteiger partial charge >= 0.3 is 5.97 Å². The second-order valence-electron chi connectivity index (χ2n) is 4.14. The predicted molar refractivity (Wildman–Crippen MR) is 68.3 cm³/mol. The Balaban J connectivity index is 2.03. The van der Waals surface area contributed by atoms with Crippen molar-refractivity contribution in [1.82, 2.24) is 9.88 Å². The van der Waals surface area contributed by atoms with E-state index in [0.29, 0.717) is 13.0 Å². The Morgan fingerprint density at radius 3 is 3.00 bits per heavy atom. The van der Waals surface area contributed by atoms with E-state index in [2.05, 4.69) is 4.98 Å². The van der Waals surface area contributed by atoms with E-state index in [1.165, 1.54) is 22.3 Å². The van der Waals surface area contributed by atoms with Crippen LogP contribution in [0.15, 0.2) is 12.3 Å². The fourth-order valence-corrected chi connectivity index (χ4v) is 2.68. The van der Waals surface area contributed by atoms with Crippen LogP contribution >= 0.6 is 11.3 Å². The molecule has 0 radical (unpaired) electrons. The topological polar surface area (TPSA) is 70.5 Å². The maximum absolute atomic E-state index is 11.9. The zero-order valence-electron chi connectivity index (χ0n) is 10.00. The number of aliphatic carboxylic acids is 1. The molecule has 1 aromatic rings. The molecule has 18 heavy (non-hydrogen) atoms. The van der Waals surface area contributed by atoms with E-state index in [1.54, 1.807) is 12.3 Å². The Bertz CT molecular complexity index is 495. The molecule has 1 atom stereocenters. The van der Waals surface area contributed by atoms with Gasteiger partial charge in [0.2, 0.25) is 5.91 Å². The number of carboxylic acids is 1. The van der Waals surface area contributed by atoms with Gasteiger partial charge < -0.3 is 10.0 Å². The average molecular weight is 266 g/mol. The minimum Gasteiger partial charge on any atom is -0.480 e. The number of amides is 1. The molecule has 0 bridgehead atoms. The largest absolute Gasteiger partial charge is 0.480 e. The minimum atomic E-state index is -0.928. The molecule has 0 spiro atoms. The van der Waals surface area contributed by atoms with Gasteiger partial charge in [0.05, 0.1) is 5.01 Å². The molecule has 1 aliphatic rings. The fourth-order valence-electron chi connectivity index (χ4n) is 1.99. The second-order valence-corrected chi connectivity index (χ2v) is 5.41. The smallest absolute Gasteiger partial charge is 0.326 e. The molecular weight excluding hydrogens is 252 g/mol. The van der Waals surface area contributed by atoms with Gasteiger partial charge in [-0.25, -0.2) is 9.78 Å². The highest BCUT2D eigenvalue weighted by molar-refractivity contribution is 7.12. The first kappa shape index (κ1) is 12.8. The Morgan fingerprint density at radius 1 is 1.61 bits per heavy atom. The molecule has 0 aliphatic carbocycles. The molecule has 5 nitrogen and oxygen atoms in total. The third-order valence-corrected chi connectivity index (χ3v) is 3.73.